The van der Waals surface area contributed by atoms with E-state index >= 15 is 0 Å². The number of pyridine rings is 1. The smallest absolute Gasteiger partial charge is 0.281 e. The van der Waals surface area contributed by atoms with Gasteiger partial charge in [-0.05, 0) is 24.2 Å². The van der Waals surface area contributed by atoms with Crippen LogP contribution in [0.1, 0.15) is 11.1 Å². The number of halogens is 3. The molecule has 0 fully saturated rings. The third kappa shape index (κ3) is 2.34. The van der Waals surface area contributed by atoms with E-state index in [9.17, 15) is 18.1 Å². The van der Waals surface area contributed by atoms with E-state index in [0.29, 0.717) is 5.56 Å². The number of hydrogen-bond acceptors (Lipinski definition) is 3. The van der Waals surface area contributed by atoms with Crippen LogP contribution in [0.5, 0.6) is 0 Å². The van der Waals surface area contributed by atoms with Crippen LogP contribution < -0.4 is 0 Å². The Labute approximate surface area is 123 Å². The number of aryl methyl sites for hydroxylation is 1. The Bertz CT molecular complexity index is 851. The third-order valence-corrected chi connectivity index (χ3v) is 3.33. The molecule has 0 radical (unpaired) electrons. The number of nitrogens with zero attached hydrogens (tertiary/aromatic N) is 3. The van der Waals surface area contributed by atoms with Crippen molar-refractivity contribution >= 4 is 11.5 Å². The molecule has 0 saturated carbocycles. The zero-order valence-corrected chi connectivity index (χ0v) is 11.4. The van der Waals surface area contributed by atoms with Crippen LogP contribution in [0.15, 0.2) is 47.8 Å². The first kappa shape index (κ1) is 14.2. The monoisotopic (exact) mass is 305 g/mol. The lowest BCUT2D eigenvalue weighted by Crippen LogP contribution is -2.05. The lowest BCUT2D eigenvalue weighted by atomic mass is 10.1. The summed E-state index contributed by atoms with van der Waals surface area (Å²) in [5.74, 6) is -0.148. The first-order valence-electron chi connectivity index (χ1n) is 6.40. The Morgan fingerprint density at radius 3 is 2.36 bits per heavy atom. The number of hydrogen-bond donors (Lipinski definition) is 0. The summed E-state index contributed by atoms with van der Waals surface area (Å²) in [6.45, 7) is 1.90. The predicted octanol–water partition coefficient (Wildman–Crippen LogP) is 4.73. The normalized spacial score (nSPS) is 11.8. The van der Waals surface area contributed by atoms with E-state index in [1.807, 2.05) is 19.1 Å². The summed E-state index contributed by atoms with van der Waals surface area (Å²) in [5, 5.41) is 2.86. The van der Waals surface area contributed by atoms with Gasteiger partial charge in [-0.1, -0.05) is 29.8 Å². The average Bonchev–Trinajstić information content (AvgIpc) is 2.84. The highest BCUT2D eigenvalue weighted by atomic mass is 19.4. The molecule has 0 aliphatic rings. The van der Waals surface area contributed by atoms with Crippen LogP contribution in [0.2, 0.25) is 0 Å². The highest BCUT2D eigenvalue weighted by molar-refractivity contribution is 5.74. The standard InChI is InChI=1S/C15H10F3N3O/c1-9-2-4-10(5-3-9)13-14(20-22)21-8-11(15(16,17)18)6-7-12(21)19-13/h2-8H,1H3. The summed E-state index contributed by atoms with van der Waals surface area (Å²) in [6.07, 6.45) is -3.67. The predicted molar refractivity (Wildman–Crippen MR) is 75.8 cm³/mol. The average molecular weight is 305 g/mol. The van der Waals surface area contributed by atoms with Crippen LogP contribution in [0.3, 0.4) is 0 Å². The minimum absolute atomic E-state index is 0.148. The maximum absolute atomic E-state index is 12.8. The molecule has 1 aromatic carbocycles. The van der Waals surface area contributed by atoms with Crippen molar-refractivity contribution < 1.29 is 13.2 Å². The Hall–Kier alpha value is -2.70. The van der Waals surface area contributed by atoms with Gasteiger partial charge in [0.15, 0.2) is 0 Å². The van der Waals surface area contributed by atoms with Crippen molar-refractivity contribution in [3.8, 4) is 11.3 Å². The fraction of sp³-hybridized carbons (Fsp3) is 0.133. The molecule has 0 aliphatic carbocycles. The zero-order chi connectivity index (χ0) is 15.9. The van der Waals surface area contributed by atoms with Gasteiger partial charge in [0.2, 0.25) is 5.82 Å². The van der Waals surface area contributed by atoms with Gasteiger partial charge in [0.1, 0.15) is 11.3 Å². The summed E-state index contributed by atoms with van der Waals surface area (Å²) in [5.41, 5.74) is 1.27. The molecule has 7 heteroatoms. The fourth-order valence-corrected chi connectivity index (χ4v) is 2.19. The van der Waals surface area contributed by atoms with Gasteiger partial charge >= 0.3 is 6.18 Å². The molecule has 4 nitrogen and oxygen atoms in total. The van der Waals surface area contributed by atoms with Crippen LogP contribution in [0.4, 0.5) is 19.0 Å². The summed E-state index contributed by atoms with van der Waals surface area (Å²) in [4.78, 5) is 15.3. The van der Waals surface area contributed by atoms with Gasteiger partial charge in [-0.3, -0.25) is 4.40 Å². The lowest BCUT2D eigenvalue weighted by Gasteiger charge is -2.06. The third-order valence-electron chi connectivity index (χ3n) is 3.33. The Kier molecular flexibility index (Phi) is 3.20. The van der Waals surface area contributed by atoms with Crippen LogP contribution in [0.25, 0.3) is 16.9 Å². The maximum atomic E-state index is 12.8. The number of imidazole rings is 1. The van der Waals surface area contributed by atoms with Crippen LogP contribution >= 0.6 is 0 Å². The van der Waals surface area contributed by atoms with Gasteiger partial charge in [0.25, 0.3) is 0 Å². The van der Waals surface area contributed by atoms with Crippen LogP contribution in [0, 0.1) is 11.8 Å². The second kappa shape index (κ2) is 4.94. The van der Waals surface area contributed by atoms with Gasteiger partial charge < -0.3 is 0 Å². The van der Waals surface area contributed by atoms with Crippen molar-refractivity contribution in [3.63, 3.8) is 0 Å². The number of fused-ring (bicyclic) bond motifs is 1. The van der Waals surface area contributed by atoms with Crippen molar-refractivity contribution in [2.75, 3.05) is 0 Å². The molecule has 22 heavy (non-hydrogen) atoms. The van der Waals surface area contributed by atoms with Crippen molar-refractivity contribution in [2.24, 2.45) is 5.18 Å². The second-order valence-corrected chi connectivity index (χ2v) is 4.89. The number of alkyl halides is 3. The molecule has 3 rings (SSSR count). The first-order valence-corrected chi connectivity index (χ1v) is 6.40. The lowest BCUT2D eigenvalue weighted by molar-refractivity contribution is -0.137. The molecule has 0 unspecified atom stereocenters. The van der Waals surface area contributed by atoms with Gasteiger partial charge in [-0.15, -0.1) is 4.91 Å². The van der Waals surface area contributed by atoms with Crippen molar-refractivity contribution in [3.05, 3.63) is 58.6 Å². The highest BCUT2D eigenvalue weighted by Gasteiger charge is 2.31. The first-order chi connectivity index (χ1) is 10.4. The minimum Gasteiger partial charge on any atom is -0.281 e. The van der Waals surface area contributed by atoms with Gasteiger partial charge in [0.05, 0.1) is 5.56 Å². The van der Waals surface area contributed by atoms with Gasteiger partial charge in [-0.25, -0.2) is 4.98 Å². The molecule has 0 spiro atoms. The SMILES string of the molecule is Cc1ccc(-c2nc3ccc(C(F)(F)F)cn3c2N=O)cc1. The fourth-order valence-electron chi connectivity index (χ4n) is 2.19. The number of benzene rings is 1. The van der Waals surface area contributed by atoms with E-state index in [0.717, 1.165) is 22.2 Å². The van der Waals surface area contributed by atoms with E-state index in [4.69, 9.17) is 0 Å². The topological polar surface area (TPSA) is 46.7 Å². The molecule has 0 amide bonds. The van der Waals surface area contributed by atoms with Gasteiger partial charge in [-0.2, -0.15) is 13.2 Å². The molecule has 0 saturated heterocycles. The summed E-state index contributed by atoms with van der Waals surface area (Å²) in [6, 6.07) is 9.29. The molecule has 2 heterocycles. The maximum Gasteiger partial charge on any atom is 0.417 e. The molecule has 0 aliphatic heterocycles. The summed E-state index contributed by atoms with van der Waals surface area (Å²) in [7, 11) is 0. The molecule has 0 atom stereocenters. The molecule has 0 bridgehead atoms. The quantitative estimate of drug-likeness (QED) is 0.643. The van der Waals surface area contributed by atoms with Gasteiger partial charge in [0, 0.05) is 11.8 Å². The molecular formula is C15H10F3N3O. The molecule has 3 aromatic rings. The van der Waals surface area contributed by atoms with Crippen molar-refractivity contribution in [1.29, 1.82) is 0 Å². The zero-order valence-electron chi connectivity index (χ0n) is 11.4. The van der Waals surface area contributed by atoms with Crippen molar-refractivity contribution in [1.82, 2.24) is 9.38 Å². The molecule has 112 valence electrons. The van der Waals surface area contributed by atoms with E-state index in [2.05, 4.69) is 10.2 Å². The van der Waals surface area contributed by atoms with E-state index < -0.39 is 11.7 Å². The van der Waals surface area contributed by atoms with Crippen LogP contribution in [-0.4, -0.2) is 9.38 Å². The Balaban J connectivity index is 2.24. The van der Waals surface area contributed by atoms with E-state index in [-0.39, 0.29) is 17.2 Å². The number of aromatic nitrogens is 2. The largest absolute Gasteiger partial charge is 0.417 e. The molecule has 2 aromatic heterocycles. The van der Waals surface area contributed by atoms with Crippen molar-refractivity contribution in [2.45, 2.75) is 13.1 Å². The molecule has 0 N–H and O–H groups in total. The number of rotatable bonds is 2. The minimum atomic E-state index is -4.50. The number of nitroso groups, excluding NO2 is 1. The summed E-state index contributed by atoms with van der Waals surface area (Å²) < 4.78 is 39.4. The highest BCUT2D eigenvalue weighted by Crippen LogP contribution is 2.34. The van der Waals surface area contributed by atoms with Crippen LogP contribution in [-0.2, 0) is 6.18 Å². The summed E-state index contributed by atoms with van der Waals surface area (Å²) >= 11 is 0. The second-order valence-electron chi connectivity index (χ2n) is 4.89. The van der Waals surface area contributed by atoms with E-state index in [1.165, 1.54) is 6.07 Å². The Morgan fingerprint density at radius 2 is 1.77 bits per heavy atom. The molecular weight excluding hydrogens is 295 g/mol. The Morgan fingerprint density at radius 1 is 1.09 bits per heavy atom. The van der Waals surface area contributed by atoms with E-state index in [1.54, 1.807) is 12.1 Å².